The molecule has 1 unspecified atom stereocenters. The van der Waals surface area contributed by atoms with Gasteiger partial charge in [-0.15, -0.1) is 0 Å². The number of aryl methyl sites for hydroxylation is 3. The van der Waals surface area contributed by atoms with E-state index >= 15 is 0 Å². The van der Waals surface area contributed by atoms with Crippen molar-refractivity contribution in [2.24, 2.45) is 0 Å². The molecule has 0 bridgehead atoms. The van der Waals surface area contributed by atoms with Crippen LogP contribution in [0.15, 0.2) is 30.5 Å². The quantitative estimate of drug-likeness (QED) is 0.886. The summed E-state index contributed by atoms with van der Waals surface area (Å²) >= 11 is 0. The van der Waals surface area contributed by atoms with Crippen molar-refractivity contribution in [2.75, 3.05) is 5.32 Å². The minimum Gasteiger partial charge on any atom is -0.349 e. The second kappa shape index (κ2) is 5.70. The molecular weight excluding hydrogens is 246 g/mol. The van der Waals surface area contributed by atoms with Gasteiger partial charge in [0.05, 0.1) is 11.7 Å². The van der Waals surface area contributed by atoms with Crippen LogP contribution in [0.5, 0.6) is 0 Å². The maximum atomic E-state index is 4.65. The van der Waals surface area contributed by atoms with Gasteiger partial charge >= 0.3 is 0 Å². The molecule has 1 aromatic carbocycles. The molecule has 0 aliphatic heterocycles. The highest BCUT2D eigenvalue weighted by Crippen LogP contribution is 2.33. The summed E-state index contributed by atoms with van der Waals surface area (Å²) in [6.07, 6.45) is 6.90. The number of unbranched alkanes of at least 4 members (excludes halogenated alkanes) is 1. The minimum absolute atomic E-state index is 0.411. The molecule has 0 amide bonds. The molecule has 106 valence electrons. The highest BCUT2D eigenvalue weighted by atomic mass is 15.2. The number of hydrogen-bond donors (Lipinski definition) is 1. The van der Waals surface area contributed by atoms with E-state index in [2.05, 4.69) is 59.2 Å². The lowest BCUT2D eigenvalue weighted by Gasteiger charge is -2.16. The monoisotopic (exact) mass is 269 g/mol. The van der Waals surface area contributed by atoms with Crippen molar-refractivity contribution < 1.29 is 0 Å². The molecule has 3 heteroatoms. The van der Waals surface area contributed by atoms with E-state index in [1.807, 2.05) is 0 Å². The second-order valence-electron chi connectivity index (χ2n) is 5.69. The van der Waals surface area contributed by atoms with E-state index in [1.54, 1.807) is 0 Å². The second-order valence-corrected chi connectivity index (χ2v) is 5.69. The molecule has 1 heterocycles. The Morgan fingerprint density at radius 1 is 1.35 bits per heavy atom. The van der Waals surface area contributed by atoms with Gasteiger partial charge in [0.25, 0.3) is 0 Å². The fraction of sp³-hybridized carbons (Fsp3) is 0.471. The number of hydrogen-bond acceptors (Lipinski definition) is 2. The van der Waals surface area contributed by atoms with Gasteiger partial charge in [-0.2, -0.15) is 0 Å². The average molecular weight is 269 g/mol. The van der Waals surface area contributed by atoms with E-state index < -0.39 is 0 Å². The molecule has 0 saturated heterocycles. The highest BCUT2D eigenvalue weighted by molar-refractivity contribution is 5.41. The van der Waals surface area contributed by atoms with Crippen LogP contribution in [0.2, 0.25) is 0 Å². The van der Waals surface area contributed by atoms with Crippen molar-refractivity contribution in [1.82, 2.24) is 9.55 Å². The van der Waals surface area contributed by atoms with Crippen molar-refractivity contribution >= 4 is 5.95 Å². The molecule has 1 N–H and O–H groups in total. The Labute approximate surface area is 121 Å². The van der Waals surface area contributed by atoms with Crippen LogP contribution in [-0.2, 0) is 13.0 Å². The van der Waals surface area contributed by atoms with E-state index in [4.69, 9.17) is 0 Å². The zero-order chi connectivity index (χ0) is 13.9. The van der Waals surface area contributed by atoms with E-state index in [1.165, 1.54) is 36.8 Å². The Balaban J connectivity index is 1.79. The Hall–Kier alpha value is -1.77. The predicted molar refractivity (Wildman–Crippen MR) is 83.0 cm³/mol. The summed E-state index contributed by atoms with van der Waals surface area (Å²) in [5, 5.41) is 3.65. The standard InChI is InChI=1S/C17H23N3/c1-3-4-11-20-12-13(2)18-17(20)19-16-10-9-14-7-5-6-8-15(14)16/h5-8,12,16H,3-4,9-11H2,1-2H3,(H,18,19). The fourth-order valence-corrected chi connectivity index (χ4v) is 3.02. The third kappa shape index (κ3) is 2.58. The lowest BCUT2D eigenvalue weighted by molar-refractivity contribution is 0.626. The van der Waals surface area contributed by atoms with Gasteiger partial charge in [-0.25, -0.2) is 4.98 Å². The number of imidazole rings is 1. The van der Waals surface area contributed by atoms with Crippen molar-refractivity contribution in [3.8, 4) is 0 Å². The first-order chi connectivity index (χ1) is 9.78. The summed E-state index contributed by atoms with van der Waals surface area (Å²) in [7, 11) is 0. The lowest BCUT2D eigenvalue weighted by atomic mass is 10.1. The van der Waals surface area contributed by atoms with Crippen LogP contribution in [0.4, 0.5) is 5.95 Å². The van der Waals surface area contributed by atoms with Crippen LogP contribution in [-0.4, -0.2) is 9.55 Å². The smallest absolute Gasteiger partial charge is 0.203 e. The number of anilines is 1. The maximum Gasteiger partial charge on any atom is 0.203 e. The number of benzene rings is 1. The lowest BCUT2D eigenvalue weighted by Crippen LogP contribution is -2.12. The molecule has 1 aliphatic carbocycles. The predicted octanol–water partition coefficient (Wildman–Crippen LogP) is 4.09. The van der Waals surface area contributed by atoms with Crippen LogP contribution in [0.1, 0.15) is 49.0 Å². The Kier molecular flexibility index (Phi) is 3.77. The van der Waals surface area contributed by atoms with Crippen LogP contribution in [0, 0.1) is 6.92 Å². The number of aromatic nitrogens is 2. The summed E-state index contributed by atoms with van der Waals surface area (Å²) in [5.74, 6) is 1.03. The maximum absolute atomic E-state index is 4.65. The van der Waals surface area contributed by atoms with E-state index in [9.17, 15) is 0 Å². The molecule has 20 heavy (non-hydrogen) atoms. The summed E-state index contributed by atoms with van der Waals surface area (Å²) in [4.78, 5) is 4.65. The molecule has 3 rings (SSSR count). The molecule has 1 atom stereocenters. The average Bonchev–Trinajstić information content (AvgIpc) is 3.01. The van der Waals surface area contributed by atoms with Gasteiger partial charge < -0.3 is 9.88 Å². The van der Waals surface area contributed by atoms with Gasteiger partial charge in [-0.3, -0.25) is 0 Å². The van der Waals surface area contributed by atoms with Gasteiger partial charge in [-0.05, 0) is 37.3 Å². The number of fused-ring (bicyclic) bond motifs is 1. The molecule has 0 radical (unpaired) electrons. The minimum atomic E-state index is 0.411. The first-order valence-corrected chi connectivity index (χ1v) is 7.66. The largest absolute Gasteiger partial charge is 0.349 e. The molecule has 0 fully saturated rings. The first-order valence-electron chi connectivity index (χ1n) is 7.66. The number of nitrogens with one attached hydrogen (secondary N) is 1. The summed E-state index contributed by atoms with van der Waals surface area (Å²) < 4.78 is 2.26. The molecule has 3 nitrogen and oxygen atoms in total. The van der Waals surface area contributed by atoms with Gasteiger partial charge in [0.15, 0.2) is 0 Å². The fourth-order valence-electron chi connectivity index (χ4n) is 3.02. The molecule has 1 aliphatic rings. The van der Waals surface area contributed by atoms with E-state index in [-0.39, 0.29) is 0 Å². The Morgan fingerprint density at radius 3 is 3.05 bits per heavy atom. The first kappa shape index (κ1) is 13.2. The van der Waals surface area contributed by atoms with Crippen LogP contribution >= 0.6 is 0 Å². The molecular formula is C17H23N3. The van der Waals surface area contributed by atoms with Gasteiger partial charge in [0, 0.05) is 12.7 Å². The SMILES string of the molecule is CCCCn1cc(C)nc1NC1CCc2ccccc21. The van der Waals surface area contributed by atoms with E-state index in [0.717, 1.165) is 18.2 Å². The zero-order valence-electron chi connectivity index (χ0n) is 12.4. The third-order valence-electron chi connectivity index (χ3n) is 4.09. The van der Waals surface area contributed by atoms with Crippen molar-refractivity contribution in [3.05, 3.63) is 47.3 Å². The van der Waals surface area contributed by atoms with Gasteiger partial charge in [-0.1, -0.05) is 37.6 Å². The third-order valence-corrected chi connectivity index (χ3v) is 4.09. The summed E-state index contributed by atoms with van der Waals surface area (Å²) in [6, 6.07) is 9.16. The van der Waals surface area contributed by atoms with E-state index in [0.29, 0.717) is 6.04 Å². The van der Waals surface area contributed by atoms with Gasteiger partial charge in [0.1, 0.15) is 0 Å². The Morgan fingerprint density at radius 2 is 2.20 bits per heavy atom. The van der Waals surface area contributed by atoms with Crippen molar-refractivity contribution in [1.29, 1.82) is 0 Å². The highest BCUT2D eigenvalue weighted by Gasteiger charge is 2.23. The Bertz CT molecular complexity index is 586. The molecule has 1 aromatic heterocycles. The molecule has 0 spiro atoms. The zero-order valence-corrected chi connectivity index (χ0v) is 12.4. The van der Waals surface area contributed by atoms with Crippen molar-refractivity contribution in [3.63, 3.8) is 0 Å². The molecule has 0 saturated carbocycles. The van der Waals surface area contributed by atoms with Crippen LogP contribution in [0.25, 0.3) is 0 Å². The number of nitrogens with zero attached hydrogens (tertiary/aromatic N) is 2. The normalized spacial score (nSPS) is 17.2. The van der Waals surface area contributed by atoms with Crippen LogP contribution < -0.4 is 5.32 Å². The molecule has 2 aromatic rings. The summed E-state index contributed by atoms with van der Waals surface area (Å²) in [5.41, 5.74) is 4.01. The van der Waals surface area contributed by atoms with Crippen molar-refractivity contribution in [2.45, 2.75) is 52.1 Å². The van der Waals surface area contributed by atoms with Gasteiger partial charge in [0.2, 0.25) is 5.95 Å². The summed E-state index contributed by atoms with van der Waals surface area (Å²) in [6.45, 7) is 5.34. The topological polar surface area (TPSA) is 29.9 Å². The van der Waals surface area contributed by atoms with Crippen LogP contribution in [0.3, 0.4) is 0 Å². The number of rotatable bonds is 5.